The molecule has 2 aromatic carbocycles. The maximum Gasteiger partial charge on any atom is 0.142 e. The fourth-order valence-corrected chi connectivity index (χ4v) is 3.86. The van der Waals surface area contributed by atoms with Crippen LogP contribution in [-0.4, -0.2) is 23.3 Å². The normalized spacial score (nSPS) is 12.3. The molecule has 0 spiro atoms. The molecule has 0 saturated carbocycles. The average molecular weight is 468 g/mol. The Morgan fingerprint density at radius 2 is 1.46 bits per heavy atom. The number of hydrogen-bond acceptors (Lipinski definition) is 4. The van der Waals surface area contributed by atoms with Gasteiger partial charge in [-0.15, -0.1) is 11.8 Å². The standard InChI is InChI=1S/C31H33NO3/c1-5-7-19-34-22-25-13-15-27(16-14-25)31(33,28-17-18-30(24(3)4)32-21-28)29-12-10-9-11-26(29)23-35-20-8-6-2/h9-18,21,24,33H,19-20,22-23H2,1-4H3. The molecule has 1 unspecified atom stereocenters. The van der Waals surface area contributed by atoms with Gasteiger partial charge in [0.15, 0.2) is 0 Å². The molecule has 0 radical (unpaired) electrons. The number of aromatic nitrogens is 1. The van der Waals surface area contributed by atoms with Crippen LogP contribution in [0.1, 0.15) is 67.1 Å². The van der Waals surface area contributed by atoms with Gasteiger partial charge in [0, 0.05) is 17.5 Å². The summed E-state index contributed by atoms with van der Waals surface area (Å²) >= 11 is 0. The van der Waals surface area contributed by atoms with Crippen molar-refractivity contribution in [1.29, 1.82) is 0 Å². The second-order valence-corrected chi connectivity index (χ2v) is 8.53. The molecule has 0 aliphatic carbocycles. The summed E-state index contributed by atoms with van der Waals surface area (Å²) in [5.41, 5.74) is 3.67. The van der Waals surface area contributed by atoms with Gasteiger partial charge >= 0.3 is 0 Å². The fraction of sp³-hybridized carbons (Fsp3) is 0.323. The Kier molecular flexibility index (Phi) is 9.65. The predicted octanol–water partition coefficient (Wildman–Crippen LogP) is 5.57. The van der Waals surface area contributed by atoms with Crippen LogP contribution in [0.15, 0.2) is 66.9 Å². The minimum atomic E-state index is -1.41. The van der Waals surface area contributed by atoms with Crippen molar-refractivity contribution in [1.82, 2.24) is 4.98 Å². The molecule has 4 heteroatoms. The molecule has 1 heterocycles. The molecule has 180 valence electrons. The van der Waals surface area contributed by atoms with Crippen LogP contribution in [0.25, 0.3) is 0 Å². The Balaban J connectivity index is 2.03. The SMILES string of the molecule is CC#CCOCc1ccc(C(O)(c2ccc(C(C)C)nc2)c2ccccc2COCC#CC)cc1. The third-order valence-electron chi connectivity index (χ3n) is 5.80. The van der Waals surface area contributed by atoms with Gasteiger partial charge < -0.3 is 14.6 Å². The number of rotatable bonds is 10. The second-order valence-electron chi connectivity index (χ2n) is 8.53. The van der Waals surface area contributed by atoms with Crippen molar-refractivity contribution < 1.29 is 14.6 Å². The summed E-state index contributed by atoms with van der Waals surface area (Å²) in [6.07, 6.45) is 1.77. The van der Waals surface area contributed by atoms with Crippen LogP contribution in [0.3, 0.4) is 0 Å². The van der Waals surface area contributed by atoms with Crippen molar-refractivity contribution >= 4 is 0 Å². The van der Waals surface area contributed by atoms with Gasteiger partial charge in [-0.3, -0.25) is 4.98 Å². The van der Waals surface area contributed by atoms with E-state index in [2.05, 4.69) is 42.5 Å². The largest absolute Gasteiger partial charge is 0.376 e. The minimum Gasteiger partial charge on any atom is -0.376 e. The smallest absolute Gasteiger partial charge is 0.142 e. The van der Waals surface area contributed by atoms with Crippen molar-refractivity contribution in [2.45, 2.75) is 52.4 Å². The molecule has 35 heavy (non-hydrogen) atoms. The van der Waals surface area contributed by atoms with Crippen LogP contribution in [-0.2, 0) is 28.3 Å². The van der Waals surface area contributed by atoms with Crippen LogP contribution in [0.5, 0.6) is 0 Å². The topological polar surface area (TPSA) is 51.6 Å². The van der Waals surface area contributed by atoms with Gasteiger partial charge in [0.2, 0.25) is 0 Å². The Labute approximate surface area is 209 Å². The molecule has 1 aromatic heterocycles. The summed E-state index contributed by atoms with van der Waals surface area (Å²) in [4.78, 5) is 4.64. The summed E-state index contributed by atoms with van der Waals surface area (Å²) < 4.78 is 11.4. The molecular formula is C31H33NO3. The Morgan fingerprint density at radius 3 is 2.06 bits per heavy atom. The van der Waals surface area contributed by atoms with Gasteiger partial charge in [-0.25, -0.2) is 0 Å². The minimum absolute atomic E-state index is 0.300. The Hall–Kier alpha value is -3.41. The van der Waals surface area contributed by atoms with Gasteiger partial charge in [-0.1, -0.05) is 80.3 Å². The quantitative estimate of drug-likeness (QED) is 0.313. The monoisotopic (exact) mass is 467 g/mol. The molecule has 1 atom stereocenters. The molecule has 0 amide bonds. The zero-order valence-corrected chi connectivity index (χ0v) is 21.0. The number of benzene rings is 2. The lowest BCUT2D eigenvalue weighted by molar-refractivity contribution is 0.115. The molecule has 1 N–H and O–H groups in total. The maximum atomic E-state index is 12.4. The molecule has 3 rings (SSSR count). The molecule has 0 fully saturated rings. The van der Waals surface area contributed by atoms with E-state index in [-0.39, 0.29) is 0 Å². The number of hydrogen-bond donors (Lipinski definition) is 1. The average Bonchev–Trinajstić information content (AvgIpc) is 2.89. The molecule has 0 bridgehead atoms. The van der Waals surface area contributed by atoms with Crippen molar-refractivity contribution in [2.24, 2.45) is 0 Å². The molecular weight excluding hydrogens is 434 g/mol. The summed E-state index contributed by atoms with van der Waals surface area (Å²) in [5.74, 6) is 11.8. The second kappa shape index (κ2) is 12.9. The number of ether oxygens (including phenoxy) is 2. The van der Waals surface area contributed by atoms with E-state index in [0.29, 0.717) is 37.9 Å². The lowest BCUT2D eigenvalue weighted by Crippen LogP contribution is -2.30. The number of aliphatic hydroxyl groups is 1. The Morgan fingerprint density at radius 1 is 0.829 bits per heavy atom. The van der Waals surface area contributed by atoms with Crippen molar-refractivity contribution in [2.75, 3.05) is 13.2 Å². The van der Waals surface area contributed by atoms with E-state index >= 15 is 0 Å². The highest BCUT2D eigenvalue weighted by atomic mass is 16.5. The van der Waals surface area contributed by atoms with Crippen LogP contribution < -0.4 is 0 Å². The van der Waals surface area contributed by atoms with Crippen LogP contribution in [0, 0.1) is 23.7 Å². The first kappa shape index (κ1) is 26.2. The van der Waals surface area contributed by atoms with Gasteiger partial charge in [0.25, 0.3) is 0 Å². The maximum absolute atomic E-state index is 12.4. The zero-order valence-electron chi connectivity index (χ0n) is 21.0. The van der Waals surface area contributed by atoms with E-state index in [0.717, 1.165) is 27.9 Å². The summed E-state index contributed by atoms with van der Waals surface area (Å²) in [6, 6.07) is 19.6. The molecule has 0 saturated heterocycles. The van der Waals surface area contributed by atoms with E-state index in [1.165, 1.54) is 0 Å². The third kappa shape index (κ3) is 6.59. The molecule has 0 aliphatic rings. The molecule has 4 nitrogen and oxygen atoms in total. The Bertz CT molecular complexity index is 1210. The fourth-order valence-electron chi connectivity index (χ4n) is 3.86. The van der Waals surface area contributed by atoms with E-state index < -0.39 is 5.60 Å². The first-order valence-electron chi connectivity index (χ1n) is 11.8. The number of nitrogens with zero attached hydrogens (tertiary/aromatic N) is 1. The van der Waals surface area contributed by atoms with Crippen molar-refractivity contribution in [3.63, 3.8) is 0 Å². The van der Waals surface area contributed by atoms with E-state index in [1.54, 1.807) is 20.0 Å². The lowest BCUT2D eigenvalue weighted by atomic mass is 9.78. The zero-order chi connectivity index (χ0) is 25.1. The van der Waals surface area contributed by atoms with Crippen LogP contribution >= 0.6 is 0 Å². The highest BCUT2D eigenvalue weighted by Gasteiger charge is 2.36. The van der Waals surface area contributed by atoms with Gasteiger partial charge in [0.05, 0.1) is 13.2 Å². The lowest BCUT2D eigenvalue weighted by Gasteiger charge is -2.32. The first-order valence-corrected chi connectivity index (χ1v) is 11.8. The van der Waals surface area contributed by atoms with Gasteiger partial charge in [-0.2, -0.15) is 0 Å². The van der Waals surface area contributed by atoms with E-state index in [4.69, 9.17) is 9.47 Å². The highest BCUT2D eigenvalue weighted by Crippen LogP contribution is 2.39. The molecule has 3 aromatic rings. The van der Waals surface area contributed by atoms with Crippen molar-refractivity contribution in [3.05, 3.63) is 100 Å². The van der Waals surface area contributed by atoms with Gasteiger partial charge in [-0.05, 0) is 48.1 Å². The number of pyridine rings is 1. The van der Waals surface area contributed by atoms with Gasteiger partial charge in [0.1, 0.15) is 18.8 Å². The molecule has 0 aliphatic heterocycles. The van der Waals surface area contributed by atoms with Crippen molar-refractivity contribution in [3.8, 4) is 23.7 Å². The van der Waals surface area contributed by atoms with Crippen LogP contribution in [0.2, 0.25) is 0 Å². The summed E-state index contributed by atoms with van der Waals surface area (Å²) in [7, 11) is 0. The first-order chi connectivity index (χ1) is 17.0. The van der Waals surface area contributed by atoms with E-state index in [9.17, 15) is 5.11 Å². The highest BCUT2D eigenvalue weighted by molar-refractivity contribution is 5.50. The summed E-state index contributed by atoms with van der Waals surface area (Å²) in [5, 5.41) is 12.4. The predicted molar refractivity (Wildman–Crippen MR) is 140 cm³/mol. The van der Waals surface area contributed by atoms with E-state index in [1.807, 2.05) is 60.7 Å². The third-order valence-corrected chi connectivity index (χ3v) is 5.80. The summed E-state index contributed by atoms with van der Waals surface area (Å²) in [6.45, 7) is 9.32. The van der Waals surface area contributed by atoms with Crippen LogP contribution in [0.4, 0.5) is 0 Å².